The van der Waals surface area contributed by atoms with Gasteiger partial charge in [-0.2, -0.15) is 0 Å². The van der Waals surface area contributed by atoms with Crippen LogP contribution >= 0.6 is 11.3 Å². The van der Waals surface area contributed by atoms with Crippen molar-refractivity contribution < 1.29 is 0 Å². The summed E-state index contributed by atoms with van der Waals surface area (Å²) in [5, 5.41) is 7.44. The van der Waals surface area contributed by atoms with Crippen molar-refractivity contribution in [2.75, 3.05) is 0 Å². The van der Waals surface area contributed by atoms with E-state index in [9.17, 15) is 0 Å². The van der Waals surface area contributed by atoms with Crippen LogP contribution in [0, 0.1) is 0 Å². The van der Waals surface area contributed by atoms with Crippen molar-refractivity contribution in [1.82, 2.24) is 14.5 Å². The van der Waals surface area contributed by atoms with Crippen molar-refractivity contribution in [1.29, 1.82) is 0 Å². The highest BCUT2D eigenvalue weighted by Crippen LogP contribution is 2.47. The molecule has 9 aromatic rings. The highest BCUT2D eigenvalue weighted by molar-refractivity contribution is 7.26. The van der Waals surface area contributed by atoms with Crippen molar-refractivity contribution >= 4 is 64.1 Å². The predicted molar refractivity (Wildman–Crippen MR) is 178 cm³/mol. The molecule has 0 aliphatic carbocycles. The first-order valence-corrected chi connectivity index (χ1v) is 14.9. The molecule has 0 saturated heterocycles. The number of nitrogens with zero attached hydrogens (tertiary/aromatic N) is 3. The zero-order valence-corrected chi connectivity index (χ0v) is 23.3. The summed E-state index contributed by atoms with van der Waals surface area (Å²) >= 11 is 1.85. The number of thiophene rings is 1. The van der Waals surface area contributed by atoms with Crippen LogP contribution in [0.4, 0.5) is 0 Å². The lowest BCUT2D eigenvalue weighted by molar-refractivity contribution is 1.00. The van der Waals surface area contributed by atoms with Crippen molar-refractivity contribution in [2.24, 2.45) is 0 Å². The van der Waals surface area contributed by atoms with Crippen LogP contribution < -0.4 is 0 Å². The monoisotopic (exact) mass is 553 g/mol. The van der Waals surface area contributed by atoms with Gasteiger partial charge in [-0.15, -0.1) is 11.3 Å². The van der Waals surface area contributed by atoms with Crippen molar-refractivity contribution in [3.63, 3.8) is 0 Å². The first-order chi connectivity index (χ1) is 20.8. The zero-order valence-electron chi connectivity index (χ0n) is 22.5. The van der Waals surface area contributed by atoms with Gasteiger partial charge in [0.2, 0.25) is 5.95 Å². The molecule has 0 N–H and O–H groups in total. The van der Waals surface area contributed by atoms with Crippen LogP contribution in [0.5, 0.6) is 0 Å². The summed E-state index contributed by atoms with van der Waals surface area (Å²) in [4.78, 5) is 10.6. The Morgan fingerprint density at radius 1 is 0.452 bits per heavy atom. The fourth-order valence-electron chi connectivity index (χ4n) is 6.37. The SMILES string of the molecule is c1ccc(-c2cc(-c3ccccc3)nc(-n3c4c5ccccc5sc4c4c5ccccc5c5ccccc5c43)n2)cc1. The maximum Gasteiger partial charge on any atom is 0.235 e. The normalized spacial score (nSPS) is 11.8. The summed E-state index contributed by atoms with van der Waals surface area (Å²) in [6.07, 6.45) is 0. The minimum Gasteiger partial charge on any atom is -0.276 e. The largest absolute Gasteiger partial charge is 0.276 e. The van der Waals surface area contributed by atoms with Crippen LogP contribution in [-0.4, -0.2) is 14.5 Å². The summed E-state index contributed by atoms with van der Waals surface area (Å²) in [6.45, 7) is 0. The van der Waals surface area contributed by atoms with E-state index in [1.807, 2.05) is 23.5 Å². The van der Waals surface area contributed by atoms with Crippen molar-refractivity contribution in [3.05, 3.63) is 140 Å². The first-order valence-electron chi connectivity index (χ1n) is 14.1. The lowest BCUT2D eigenvalue weighted by Crippen LogP contribution is -2.04. The number of hydrogen-bond acceptors (Lipinski definition) is 3. The molecular weight excluding hydrogens is 531 g/mol. The maximum absolute atomic E-state index is 5.30. The Kier molecular flexibility index (Phi) is 5.07. The van der Waals surface area contributed by atoms with Gasteiger partial charge in [0, 0.05) is 32.0 Å². The van der Waals surface area contributed by atoms with Gasteiger partial charge in [-0.3, -0.25) is 4.57 Å². The van der Waals surface area contributed by atoms with Crippen LogP contribution in [0.3, 0.4) is 0 Å². The van der Waals surface area contributed by atoms with Gasteiger partial charge in [-0.25, -0.2) is 9.97 Å². The Labute approximate surface area is 246 Å². The van der Waals surface area contributed by atoms with Gasteiger partial charge in [0.1, 0.15) is 0 Å². The fraction of sp³-hybridized carbons (Fsp3) is 0. The fourth-order valence-corrected chi connectivity index (χ4v) is 7.62. The summed E-state index contributed by atoms with van der Waals surface area (Å²) < 4.78 is 4.86. The molecule has 9 rings (SSSR count). The highest BCUT2D eigenvalue weighted by Gasteiger charge is 2.24. The van der Waals surface area contributed by atoms with Crippen LogP contribution in [0.2, 0.25) is 0 Å². The molecule has 0 aliphatic heterocycles. The molecule has 0 bridgehead atoms. The van der Waals surface area contributed by atoms with Gasteiger partial charge >= 0.3 is 0 Å². The molecule has 0 fully saturated rings. The number of benzene rings is 6. The second kappa shape index (κ2) is 9.10. The van der Waals surface area contributed by atoms with Gasteiger partial charge in [0.25, 0.3) is 0 Å². The van der Waals surface area contributed by atoms with E-state index >= 15 is 0 Å². The van der Waals surface area contributed by atoms with Crippen molar-refractivity contribution in [2.45, 2.75) is 0 Å². The summed E-state index contributed by atoms with van der Waals surface area (Å²) in [6, 6.07) is 49.1. The van der Waals surface area contributed by atoms with Crippen LogP contribution in [0.1, 0.15) is 0 Å². The molecule has 0 atom stereocenters. The van der Waals surface area contributed by atoms with E-state index in [2.05, 4.69) is 132 Å². The molecule has 42 heavy (non-hydrogen) atoms. The lowest BCUT2D eigenvalue weighted by atomic mass is 9.98. The van der Waals surface area contributed by atoms with E-state index in [0.29, 0.717) is 5.95 Å². The van der Waals surface area contributed by atoms with Crippen LogP contribution in [-0.2, 0) is 0 Å². The second-order valence-electron chi connectivity index (χ2n) is 10.6. The molecule has 0 amide bonds. The molecule has 0 saturated carbocycles. The average Bonchev–Trinajstić information content (AvgIpc) is 3.61. The summed E-state index contributed by atoms with van der Waals surface area (Å²) in [5.74, 6) is 0.680. The third-order valence-corrected chi connectivity index (χ3v) is 9.38. The van der Waals surface area contributed by atoms with E-state index in [-0.39, 0.29) is 0 Å². The zero-order chi connectivity index (χ0) is 27.6. The number of rotatable bonds is 3. The van der Waals surface area contributed by atoms with Crippen molar-refractivity contribution in [3.8, 4) is 28.5 Å². The van der Waals surface area contributed by atoms with E-state index < -0.39 is 0 Å². The molecule has 3 aromatic heterocycles. The van der Waals surface area contributed by atoms with E-state index in [4.69, 9.17) is 9.97 Å². The third-order valence-electron chi connectivity index (χ3n) is 8.20. The Morgan fingerprint density at radius 3 is 1.60 bits per heavy atom. The highest BCUT2D eigenvalue weighted by atomic mass is 32.1. The summed E-state index contributed by atoms with van der Waals surface area (Å²) in [5.41, 5.74) is 6.25. The summed E-state index contributed by atoms with van der Waals surface area (Å²) in [7, 11) is 0. The maximum atomic E-state index is 5.30. The molecule has 0 unspecified atom stereocenters. The van der Waals surface area contributed by atoms with Crippen LogP contribution in [0.15, 0.2) is 140 Å². The molecule has 0 radical (unpaired) electrons. The molecule has 0 spiro atoms. The molecule has 0 aliphatic rings. The smallest absolute Gasteiger partial charge is 0.235 e. The van der Waals surface area contributed by atoms with Gasteiger partial charge < -0.3 is 0 Å². The number of hydrogen-bond donors (Lipinski definition) is 0. The van der Waals surface area contributed by atoms with E-state index in [1.54, 1.807) is 0 Å². The Balaban J connectivity index is 1.52. The molecule has 196 valence electrons. The lowest BCUT2D eigenvalue weighted by Gasteiger charge is -2.14. The number of fused-ring (bicyclic) bond motifs is 10. The molecule has 4 heteroatoms. The minimum atomic E-state index is 0.680. The van der Waals surface area contributed by atoms with Gasteiger partial charge in [0.15, 0.2) is 0 Å². The predicted octanol–water partition coefficient (Wildman–Crippen LogP) is 10.4. The van der Waals surface area contributed by atoms with Crippen LogP contribution in [0.25, 0.3) is 81.2 Å². The molecule has 6 aromatic carbocycles. The minimum absolute atomic E-state index is 0.680. The Hall–Kier alpha value is -5.32. The third kappa shape index (κ3) is 3.39. The Bertz CT molecular complexity index is 2400. The average molecular weight is 554 g/mol. The quantitative estimate of drug-likeness (QED) is 0.204. The van der Waals surface area contributed by atoms with Gasteiger partial charge in [-0.05, 0) is 28.3 Å². The van der Waals surface area contributed by atoms with Gasteiger partial charge in [-0.1, -0.05) is 127 Å². The standard InChI is InChI=1S/C38H23N3S/c1-3-13-24(14-4-1)31-23-32(25-15-5-2-6-16-25)40-38(39-31)41-35-29-20-10-8-18-27(29)26-17-7-9-19-28(26)34(35)37-36(41)30-21-11-12-22-33(30)42-37/h1-23H. The number of aromatic nitrogens is 3. The second-order valence-corrected chi connectivity index (χ2v) is 11.6. The van der Waals surface area contributed by atoms with E-state index in [1.165, 1.54) is 41.7 Å². The first kappa shape index (κ1) is 23.4. The molecule has 3 nitrogen and oxygen atoms in total. The molecule has 3 heterocycles. The Morgan fingerprint density at radius 2 is 0.952 bits per heavy atom. The van der Waals surface area contributed by atoms with Gasteiger partial charge in [0.05, 0.1) is 27.1 Å². The van der Waals surface area contributed by atoms with E-state index in [0.717, 1.165) is 33.5 Å². The topological polar surface area (TPSA) is 30.7 Å². The molecular formula is C38H23N3S.